The lowest BCUT2D eigenvalue weighted by Crippen LogP contribution is -2.42. The second-order valence-corrected chi connectivity index (χ2v) is 12.9. The Bertz CT molecular complexity index is 1480. The number of nitrogens with zero attached hydrogens (tertiary/aromatic N) is 2. The van der Waals surface area contributed by atoms with Crippen molar-refractivity contribution in [2.45, 2.75) is 36.5 Å². The fourth-order valence-corrected chi connectivity index (χ4v) is 10.6. The number of imide groups is 1. The van der Waals surface area contributed by atoms with Crippen molar-refractivity contribution in [2.24, 2.45) is 29.6 Å². The molecule has 2 aromatic carbocycles. The summed E-state index contributed by atoms with van der Waals surface area (Å²) >= 11 is 2.97. The fraction of sp³-hybridized carbons (Fsp3) is 0.414. The molecule has 7 atom stereocenters. The molecule has 1 saturated heterocycles. The van der Waals surface area contributed by atoms with Crippen molar-refractivity contribution in [1.29, 1.82) is 0 Å². The molecule has 2 bridgehead atoms. The van der Waals surface area contributed by atoms with Crippen LogP contribution < -0.4 is 14.7 Å². The van der Waals surface area contributed by atoms with Gasteiger partial charge in [-0.05, 0) is 80.0 Å². The fourth-order valence-electron chi connectivity index (χ4n) is 7.72. The number of carbonyl (C=O) groups is 2. The highest BCUT2D eigenvalue weighted by Crippen LogP contribution is 2.68. The van der Waals surface area contributed by atoms with Crippen LogP contribution in [0.3, 0.4) is 0 Å². The molecule has 0 spiro atoms. The van der Waals surface area contributed by atoms with Gasteiger partial charge < -0.3 is 9.88 Å². The summed E-state index contributed by atoms with van der Waals surface area (Å²) in [6, 6.07) is 14.3. The normalized spacial score (nSPS) is 30.9. The van der Waals surface area contributed by atoms with Gasteiger partial charge in [0.25, 0.3) is 0 Å². The topological polar surface area (TPSA) is 73.5 Å². The van der Waals surface area contributed by atoms with E-state index < -0.39 is 5.82 Å². The van der Waals surface area contributed by atoms with Gasteiger partial charge in [-0.25, -0.2) is 4.39 Å². The van der Waals surface area contributed by atoms with Gasteiger partial charge in [0.05, 0.1) is 22.5 Å². The number of aromatic amines is 1. The van der Waals surface area contributed by atoms with Gasteiger partial charge in [0, 0.05) is 34.8 Å². The molecule has 3 heterocycles. The number of rotatable bonds is 5. The maximum Gasteiger partial charge on any atom is 0.305 e. The molecule has 4 aliphatic rings. The number of carbonyl (C=O) groups excluding carboxylic acids is 2. The van der Waals surface area contributed by atoms with Crippen LogP contribution >= 0.6 is 23.1 Å². The maximum atomic E-state index is 13.8. The number of anilines is 2. The minimum atomic E-state index is -0.398. The van der Waals surface area contributed by atoms with E-state index in [0.717, 1.165) is 35.0 Å². The Morgan fingerprint density at radius 1 is 0.947 bits per heavy atom. The number of fused-ring (bicyclic) bond motifs is 9. The summed E-state index contributed by atoms with van der Waals surface area (Å²) in [6.45, 7) is 6.14. The molecule has 2 amide bonds. The minimum Gasteiger partial charge on any atom is -0.372 e. The number of hydrogen-bond acceptors (Lipinski definition) is 6. The molecule has 7 rings (SSSR count). The molecule has 1 aromatic heterocycles. The van der Waals surface area contributed by atoms with E-state index in [1.54, 1.807) is 11.8 Å². The predicted molar refractivity (Wildman–Crippen MR) is 147 cm³/mol. The predicted octanol–water partition coefficient (Wildman–Crippen LogP) is 5.10. The number of amides is 2. The molecule has 9 heteroatoms. The molecular formula is C29H28FN3O3S2. The van der Waals surface area contributed by atoms with Gasteiger partial charge in [-0.1, -0.05) is 23.5 Å². The number of nitrogens with one attached hydrogen (secondary N) is 1. The Labute approximate surface area is 228 Å². The van der Waals surface area contributed by atoms with Gasteiger partial charge in [-0.2, -0.15) is 0 Å². The van der Waals surface area contributed by atoms with E-state index in [2.05, 4.69) is 48.0 Å². The van der Waals surface area contributed by atoms with Crippen LogP contribution in [0.1, 0.15) is 36.6 Å². The van der Waals surface area contributed by atoms with Crippen molar-refractivity contribution in [3.05, 3.63) is 74.5 Å². The zero-order valence-corrected chi connectivity index (χ0v) is 22.7. The molecule has 196 valence electrons. The lowest BCUT2D eigenvalue weighted by Gasteiger charge is -2.43. The maximum absolute atomic E-state index is 13.8. The average Bonchev–Trinajstić information content (AvgIpc) is 3.65. The molecule has 3 fully saturated rings. The summed E-state index contributed by atoms with van der Waals surface area (Å²) in [6.07, 6.45) is 0.847. The van der Waals surface area contributed by atoms with Gasteiger partial charge in [-0.15, -0.1) is 11.8 Å². The average molecular weight is 550 g/mol. The van der Waals surface area contributed by atoms with Gasteiger partial charge in [-0.3, -0.25) is 19.3 Å². The first-order chi connectivity index (χ1) is 18.4. The smallest absolute Gasteiger partial charge is 0.305 e. The van der Waals surface area contributed by atoms with E-state index in [9.17, 15) is 18.8 Å². The molecule has 2 saturated carbocycles. The van der Waals surface area contributed by atoms with Crippen molar-refractivity contribution in [1.82, 2.24) is 4.98 Å². The summed E-state index contributed by atoms with van der Waals surface area (Å²) in [5.41, 5.74) is 2.77. The van der Waals surface area contributed by atoms with Crippen LogP contribution in [0.25, 0.3) is 0 Å². The number of H-pyrrole nitrogens is 1. The third kappa shape index (κ3) is 3.33. The number of benzene rings is 2. The molecule has 38 heavy (non-hydrogen) atoms. The van der Waals surface area contributed by atoms with Crippen molar-refractivity contribution >= 4 is 46.3 Å². The molecule has 3 aromatic rings. The van der Waals surface area contributed by atoms with E-state index >= 15 is 0 Å². The largest absolute Gasteiger partial charge is 0.372 e. The second-order valence-electron chi connectivity index (χ2n) is 10.7. The molecule has 6 nitrogen and oxygen atoms in total. The number of halogens is 1. The summed E-state index contributed by atoms with van der Waals surface area (Å²) in [4.78, 5) is 47.5. The first kappa shape index (κ1) is 24.2. The Hall–Kier alpha value is -2.91. The molecular weight excluding hydrogens is 521 g/mol. The summed E-state index contributed by atoms with van der Waals surface area (Å²) in [7, 11) is 0. The second kappa shape index (κ2) is 8.81. The van der Waals surface area contributed by atoms with Crippen molar-refractivity contribution in [3.8, 4) is 0 Å². The Kier molecular flexibility index (Phi) is 5.60. The van der Waals surface area contributed by atoms with E-state index in [4.69, 9.17) is 0 Å². The van der Waals surface area contributed by atoms with Crippen LogP contribution in [0.2, 0.25) is 0 Å². The van der Waals surface area contributed by atoms with E-state index in [1.807, 2.05) is 0 Å². The molecule has 1 N–H and O–H groups in total. The van der Waals surface area contributed by atoms with E-state index in [1.165, 1.54) is 46.2 Å². The van der Waals surface area contributed by atoms with Crippen LogP contribution in [0, 0.1) is 35.4 Å². The highest BCUT2D eigenvalue weighted by atomic mass is 32.2. The van der Waals surface area contributed by atoms with Gasteiger partial charge in [0.1, 0.15) is 5.82 Å². The summed E-state index contributed by atoms with van der Waals surface area (Å²) < 4.78 is 13.6. The van der Waals surface area contributed by atoms with Crippen LogP contribution in [0.4, 0.5) is 15.8 Å². The Balaban J connectivity index is 1.28. The highest BCUT2D eigenvalue weighted by Gasteiger charge is 2.69. The monoisotopic (exact) mass is 549 g/mol. The van der Waals surface area contributed by atoms with Gasteiger partial charge in [0.15, 0.2) is 0 Å². The van der Waals surface area contributed by atoms with Gasteiger partial charge >= 0.3 is 4.87 Å². The molecule has 2 aliphatic carbocycles. The third-order valence-electron chi connectivity index (χ3n) is 9.19. The van der Waals surface area contributed by atoms with Crippen molar-refractivity contribution in [2.75, 3.05) is 22.9 Å². The number of hydrogen-bond donors (Lipinski definition) is 1. The molecule has 0 unspecified atom stereocenters. The number of aromatic nitrogens is 1. The minimum absolute atomic E-state index is 0.00433. The molecule has 2 aliphatic heterocycles. The first-order valence-corrected chi connectivity index (χ1v) is 15.0. The first-order valence-electron chi connectivity index (χ1n) is 13.3. The van der Waals surface area contributed by atoms with Crippen LogP contribution in [-0.2, 0) is 9.59 Å². The summed E-state index contributed by atoms with van der Waals surface area (Å²) in [5, 5.41) is 1.06. The Morgan fingerprint density at radius 3 is 2.26 bits per heavy atom. The van der Waals surface area contributed by atoms with Gasteiger partial charge in [0.2, 0.25) is 11.8 Å². The number of thiazole rings is 1. The van der Waals surface area contributed by atoms with E-state index in [0.29, 0.717) is 5.69 Å². The number of thioether (sulfide) groups is 1. The van der Waals surface area contributed by atoms with Crippen molar-refractivity contribution < 1.29 is 14.0 Å². The molecule has 0 radical (unpaired) electrons. The quantitative estimate of drug-likeness (QED) is 0.449. The lowest BCUT2D eigenvalue weighted by atomic mass is 9.68. The zero-order chi connectivity index (χ0) is 26.3. The van der Waals surface area contributed by atoms with Crippen molar-refractivity contribution in [3.63, 3.8) is 0 Å². The van der Waals surface area contributed by atoms with E-state index in [-0.39, 0.29) is 57.4 Å². The lowest BCUT2D eigenvalue weighted by molar-refractivity contribution is -0.123. The standard InChI is InChI=1S/C29H28FN3O3S2/c1-3-32(4-2)16-9-5-14(6-10-16)20-21-18-13-19(24(21)37-26-25(20)38-29(36)31-26)23-22(18)27(34)33(28(23)35)17-11-7-15(30)8-12-17/h5-12,18-24H,3-4,13H2,1-2H3,(H,31,36)/t18-,19+,20-,21+,22+,23+,24-/m0/s1. The SMILES string of the molecule is CCN(CC)c1ccc([C@@H]2c3sc(=O)[nH]c3S[C@H]3[C@@H]4C[C@H]([C@H]5C(=O)N(c6ccc(F)cc6)C(=O)[C@H]45)[C@H]23)cc1. The van der Waals surface area contributed by atoms with Crippen LogP contribution in [0.5, 0.6) is 0 Å². The third-order valence-corrected chi connectivity index (χ3v) is 11.8. The highest BCUT2D eigenvalue weighted by molar-refractivity contribution is 8.00. The summed E-state index contributed by atoms with van der Waals surface area (Å²) in [5.74, 6) is -1.16. The zero-order valence-electron chi connectivity index (χ0n) is 21.1. The Morgan fingerprint density at radius 2 is 1.61 bits per heavy atom. The van der Waals surface area contributed by atoms with Crippen LogP contribution in [-0.4, -0.2) is 35.1 Å². The van der Waals surface area contributed by atoms with Crippen LogP contribution in [0.15, 0.2) is 58.4 Å².